The van der Waals surface area contributed by atoms with E-state index in [1.165, 1.54) is 4.68 Å². The van der Waals surface area contributed by atoms with Crippen LogP contribution in [-0.4, -0.2) is 62.2 Å². The highest BCUT2D eigenvalue weighted by Gasteiger charge is 2.28. The van der Waals surface area contributed by atoms with Crippen molar-refractivity contribution >= 4 is 34.7 Å². The molecule has 1 aliphatic rings. The van der Waals surface area contributed by atoms with Crippen LogP contribution in [0.5, 0.6) is 0 Å². The summed E-state index contributed by atoms with van der Waals surface area (Å²) in [6.07, 6.45) is -1.41. The number of ether oxygens (including phenoxy) is 2. The molecule has 2 N–H and O–H groups in total. The number of carbonyl (C=O) groups is 1. The van der Waals surface area contributed by atoms with Gasteiger partial charge in [-0.05, 0) is 6.92 Å². The molecule has 0 radical (unpaired) electrons. The molecule has 9 nitrogen and oxygen atoms in total. The van der Waals surface area contributed by atoms with E-state index in [9.17, 15) is 18.0 Å². The van der Waals surface area contributed by atoms with Crippen molar-refractivity contribution in [3.05, 3.63) is 12.2 Å². The number of rotatable bonds is 8. The molecular weight excluding hydrogens is 413 g/mol. The second-order valence-corrected chi connectivity index (χ2v) is 7.22. The van der Waals surface area contributed by atoms with Gasteiger partial charge in [0.15, 0.2) is 22.1 Å². The minimum atomic E-state index is -4.25. The number of nitrogens with two attached hydrogens (primary N) is 1. The van der Waals surface area contributed by atoms with Crippen LogP contribution in [0.25, 0.3) is 11.2 Å². The molecule has 13 heteroatoms. The normalized spacial score (nSPS) is 19.2. The van der Waals surface area contributed by atoms with Gasteiger partial charge < -0.3 is 15.2 Å². The van der Waals surface area contributed by atoms with E-state index < -0.39 is 18.6 Å². The second-order valence-electron chi connectivity index (χ2n) is 6.15. The molecule has 1 aliphatic carbocycles. The molecule has 0 bridgehead atoms. The summed E-state index contributed by atoms with van der Waals surface area (Å²) >= 11 is 0.862. The Balaban J connectivity index is 1.68. The van der Waals surface area contributed by atoms with Gasteiger partial charge in [0.05, 0.1) is 25.2 Å². The van der Waals surface area contributed by atoms with Crippen molar-refractivity contribution in [3.63, 3.8) is 0 Å². The second kappa shape index (κ2) is 8.95. The summed E-state index contributed by atoms with van der Waals surface area (Å²) in [4.78, 5) is 19.7. The summed E-state index contributed by atoms with van der Waals surface area (Å²) in [6.45, 7) is 1.83. The lowest BCUT2D eigenvalue weighted by Crippen LogP contribution is -2.19. The number of alkyl halides is 3. The summed E-state index contributed by atoms with van der Waals surface area (Å²) < 4.78 is 48.9. The molecule has 2 aromatic heterocycles. The van der Waals surface area contributed by atoms with E-state index in [1.807, 2.05) is 6.08 Å². The van der Waals surface area contributed by atoms with Gasteiger partial charge in [-0.2, -0.15) is 13.2 Å². The van der Waals surface area contributed by atoms with Gasteiger partial charge in [-0.15, -0.1) is 5.10 Å². The quantitative estimate of drug-likeness (QED) is 0.290. The average molecular weight is 432 g/mol. The number of anilines is 1. The van der Waals surface area contributed by atoms with Crippen molar-refractivity contribution < 1.29 is 27.4 Å². The molecule has 3 rings (SSSR count). The van der Waals surface area contributed by atoms with Gasteiger partial charge in [0.25, 0.3) is 0 Å². The van der Waals surface area contributed by atoms with E-state index in [1.54, 1.807) is 13.0 Å². The monoisotopic (exact) mass is 432 g/mol. The molecule has 158 valence electrons. The summed E-state index contributed by atoms with van der Waals surface area (Å²) in [5, 5.41) is 8.15. The zero-order valence-electron chi connectivity index (χ0n) is 15.4. The van der Waals surface area contributed by atoms with Gasteiger partial charge in [-0.3, -0.25) is 0 Å². The molecule has 0 amide bonds. The maximum atomic E-state index is 12.4. The van der Waals surface area contributed by atoms with E-state index in [-0.39, 0.29) is 47.6 Å². The predicted octanol–water partition coefficient (Wildman–Crippen LogP) is 2.30. The van der Waals surface area contributed by atoms with Crippen LogP contribution >= 0.6 is 11.8 Å². The van der Waals surface area contributed by atoms with Crippen molar-refractivity contribution in [2.24, 2.45) is 0 Å². The summed E-state index contributed by atoms with van der Waals surface area (Å²) in [6, 6.07) is -0.255. The Morgan fingerprint density at radius 3 is 2.90 bits per heavy atom. The van der Waals surface area contributed by atoms with E-state index in [0.29, 0.717) is 12.1 Å². The number of aromatic nitrogens is 5. The number of esters is 1. The number of carbonyl (C=O) groups excluding carboxylic acids is 1. The smallest absolute Gasteiger partial charge is 0.389 e. The number of nitrogens with zero attached hydrogens (tertiary/aromatic N) is 5. The third kappa shape index (κ3) is 5.56. The lowest BCUT2D eigenvalue weighted by atomic mass is 10.2. The van der Waals surface area contributed by atoms with Gasteiger partial charge in [0, 0.05) is 12.2 Å². The van der Waals surface area contributed by atoms with Crippen LogP contribution in [0.15, 0.2) is 17.3 Å². The van der Waals surface area contributed by atoms with Gasteiger partial charge in [0.2, 0.25) is 0 Å². The maximum Gasteiger partial charge on any atom is 0.389 e. The van der Waals surface area contributed by atoms with Crippen molar-refractivity contribution in [1.29, 1.82) is 0 Å². The van der Waals surface area contributed by atoms with Crippen LogP contribution in [0.4, 0.5) is 19.0 Å². The highest BCUT2D eigenvalue weighted by Crippen LogP contribution is 2.30. The molecule has 0 saturated heterocycles. The van der Waals surface area contributed by atoms with E-state index in [4.69, 9.17) is 15.2 Å². The van der Waals surface area contributed by atoms with E-state index in [2.05, 4.69) is 20.3 Å². The Kier molecular flexibility index (Phi) is 6.57. The number of nitrogen functional groups attached to an aromatic ring is 1. The van der Waals surface area contributed by atoms with Gasteiger partial charge in [-0.25, -0.2) is 19.4 Å². The first kappa shape index (κ1) is 21.3. The molecule has 29 heavy (non-hydrogen) atoms. The third-order valence-corrected chi connectivity index (χ3v) is 4.85. The Hall–Kier alpha value is -2.41. The number of allylic oxidation sites excluding steroid dienone is 1. The van der Waals surface area contributed by atoms with Crippen LogP contribution in [0.1, 0.15) is 25.8 Å². The Labute approximate surface area is 167 Å². The Morgan fingerprint density at radius 2 is 2.17 bits per heavy atom. The number of hydrogen-bond donors (Lipinski definition) is 1. The largest absolute Gasteiger partial charge is 0.464 e. The summed E-state index contributed by atoms with van der Waals surface area (Å²) in [5.74, 6) is -0.618. The zero-order chi connectivity index (χ0) is 21.0. The third-order valence-electron chi connectivity index (χ3n) is 4.00. The van der Waals surface area contributed by atoms with Crippen LogP contribution in [0, 0.1) is 0 Å². The van der Waals surface area contributed by atoms with Gasteiger partial charge >= 0.3 is 12.1 Å². The number of halogens is 3. The number of hydrogen-bond acceptors (Lipinski definition) is 9. The van der Waals surface area contributed by atoms with Crippen LogP contribution < -0.4 is 5.73 Å². The van der Waals surface area contributed by atoms with Crippen LogP contribution in [0.2, 0.25) is 0 Å². The molecule has 0 fully saturated rings. The molecular formula is C16H19F3N6O3S. The van der Waals surface area contributed by atoms with Crippen LogP contribution in [-0.2, 0) is 14.3 Å². The van der Waals surface area contributed by atoms with Crippen molar-refractivity contribution in [2.45, 2.75) is 43.2 Å². The SMILES string of the molecule is CCOC(=O)CO[C@@H]1C=CC(n2nnc3c(N)nc(SCCC(F)(F)F)nc32)C1. The molecule has 0 spiro atoms. The Bertz CT molecular complexity index is 904. The van der Waals surface area contributed by atoms with E-state index >= 15 is 0 Å². The van der Waals surface area contributed by atoms with Gasteiger partial charge in [-0.1, -0.05) is 29.1 Å². The molecule has 2 heterocycles. The topological polar surface area (TPSA) is 118 Å². The first-order chi connectivity index (χ1) is 13.8. The molecule has 2 atom stereocenters. The fourth-order valence-electron chi connectivity index (χ4n) is 2.71. The molecule has 0 aromatic carbocycles. The predicted molar refractivity (Wildman–Crippen MR) is 98.1 cm³/mol. The fraction of sp³-hybridized carbons (Fsp3) is 0.562. The molecule has 2 aromatic rings. The summed E-state index contributed by atoms with van der Waals surface area (Å²) in [5.41, 5.74) is 6.47. The Morgan fingerprint density at radius 1 is 1.38 bits per heavy atom. The van der Waals surface area contributed by atoms with Crippen LogP contribution in [0.3, 0.4) is 0 Å². The number of fused-ring (bicyclic) bond motifs is 1. The minimum Gasteiger partial charge on any atom is -0.464 e. The fourth-order valence-corrected chi connectivity index (χ4v) is 3.54. The zero-order valence-corrected chi connectivity index (χ0v) is 16.2. The van der Waals surface area contributed by atoms with Crippen molar-refractivity contribution in [2.75, 3.05) is 24.7 Å². The molecule has 1 unspecified atom stereocenters. The lowest BCUT2D eigenvalue weighted by molar-refractivity contribution is -0.149. The first-order valence-electron chi connectivity index (χ1n) is 8.80. The first-order valence-corrected chi connectivity index (χ1v) is 9.79. The maximum absolute atomic E-state index is 12.4. The lowest BCUT2D eigenvalue weighted by Gasteiger charge is -2.13. The average Bonchev–Trinajstić information content (AvgIpc) is 3.26. The van der Waals surface area contributed by atoms with Gasteiger partial charge in [0.1, 0.15) is 6.61 Å². The minimum absolute atomic E-state index is 0.0489. The number of thioether (sulfide) groups is 1. The van der Waals surface area contributed by atoms with E-state index in [0.717, 1.165) is 11.8 Å². The molecule has 0 aliphatic heterocycles. The highest BCUT2D eigenvalue weighted by atomic mass is 32.2. The standard InChI is InChI=1S/C16H19F3N6O3S/c1-2-27-11(26)8-28-10-4-3-9(7-10)25-14-12(23-24-25)13(20)21-15(22-14)29-6-5-16(17,18)19/h3-4,9-10H,2,5-8H2,1H3,(H2,20,21,22)/t9?,10-/m1/s1. The summed E-state index contributed by atoms with van der Waals surface area (Å²) in [7, 11) is 0. The molecule has 0 saturated carbocycles. The van der Waals surface area contributed by atoms with Crippen molar-refractivity contribution in [1.82, 2.24) is 25.0 Å². The highest BCUT2D eigenvalue weighted by molar-refractivity contribution is 7.99. The van der Waals surface area contributed by atoms with Crippen molar-refractivity contribution in [3.8, 4) is 0 Å².